The Morgan fingerprint density at radius 3 is 2.81 bits per heavy atom. The average Bonchev–Trinajstić information content (AvgIpc) is 3.50. The van der Waals surface area contributed by atoms with E-state index in [4.69, 9.17) is 10.1 Å². The second-order valence-corrected chi connectivity index (χ2v) is 8.46. The molecular weight excluding hydrogens is 384 g/mol. The Morgan fingerprint density at radius 2 is 1.97 bits per heavy atom. The second-order valence-electron chi connectivity index (χ2n) is 8.46. The van der Waals surface area contributed by atoms with Crippen molar-refractivity contribution in [2.75, 3.05) is 0 Å². The number of aromatic amines is 1. The molecule has 0 bridgehead atoms. The SMILES string of the molecule is Cc1ccccc1C1CCCn2nc(-c3cc4cc(-c5cnn(C)c5)ccc4[nH]3)nc21. The molecule has 0 radical (unpaired) electrons. The van der Waals surface area contributed by atoms with Crippen LogP contribution in [-0.4, -0.2) is 29.5 Å². The van der Waals surface area contributed by atoms with Gasteiger partial charge in [-0.1, -0.05) is 30.3 Å². The lowest BCUT2D eigenvalue weighted by Crippen LogP contribution is -2.18. The second kappa shape index (κ2) is 6.94. The van der Waals surface area contributed by atoms with E-state index in [2.05, 4.69) is 70.2 Å². The van der Waals surface area contributed by atoms with Gasteiger partial charge >= 0.3 is 0 Å². The summed E-state index contributed by atoms with van der Waals surface area (Å²) in [4.78, 5) is 8.52. The zero-order valence-corrected chi connectivity index (χ0v) is 17.7. The van der Waals surface area contributed by atoms with Gasteiger partial charge in [0, 0.05) is 42.2 Å². The highest BCUT2D eigenvalue weighted by atomic mass is 15.4. The summed E-state index contributed by atoms with van der Waals surface area (Å²) in [5.74, 6) is 2.15. The molecule has 5 aromatic rings. The first-order chi connectivity index (χ1) is 15.2. The highest BCUT2D eigenvalue weighted by Crippen LogP contribution is 2.35. The number of hydrogen-bond donors (Lipinski definition) is 1. The third-order valence-electron chi connectivity index (χ3n) is 6.34. The fraction of sp³-hybridized carbons (Fsp3) is 0.240. The van der Waals surface area contributed by atoms with Gasteiger partial charge in [0.15, 0.2) is 5.82 Å². The van der Waals surface area contributed by atoms with Crippen LogP contribution in [0, 0.1) is 6.92 Å². The van der Waals surface area contributed by atoms with Gasteiger partial charge in [-0.2, -0.15) is 5.10 Å². The van der Waals surface area contributed by atoms with Gasteiger partial charge in [0.05, 0.1) is 11.9 Å². The summed E-state index contributed by atoms with van der Waals surface area (Å²) in [6, 6.07) is 17.2. The van der Waals surface area contributed by atoms with Crippen LogP contribution in [-0.2, 0) is 13.6 Å². The molecule has 6 heteroatoms. The maximum atomic E-state index is 5.01. The molecule has 0 saturated carbocycles. The van der Waals surface area contributed by atoms with Crippen molar-refractivity contribution < 1.29 is 0 Å². The molecule has 3 aromatic heterocycles. The van der Waals surface area contributed by atoms with Crippen molar-refractivity contribution in [3.63, 3.8) is 0 Å². The molecule has 1 atom stereocenters. The summed E-state index contributed by atoms with van der Waals surface area (Å²) in [5, 5.41) is 10.3. The Labute approximate surface area is 180 Å². The molecule has 1 aliphatic heterocycles. The van der Waals surface area contributed by atoms with E-state index >= 15 is 0 Å². The number of hydrogen-bond acceptors (Lipinski definition) is 3. The van der Waals surface area contributed by atoms with Gasteiger partial charge in [-0.3, -0.25) is 4.68 Å². The third-order valence-corrected chi connectivity index (χ3v) is 6.34. The van der Waals surface area contributed by atoms with Gasteiger partial charge in [-0.25, -0.2) is 9.67 Å². The number of rotatable bonds is 3. The van der Waals surface area contributed by atoms with E-state index in [1.165, 1.54) is 11.1 Å². The summed E-state index contributed by atoms with van der Waals surface area (Å²) in [6.45, 7) is 3.11. The van der Waals surface area contributed by atoms with Crippen molar-refractivity contribution in [3.05, 3.63) is 77.9 Å². The van der Waals surface area contributed by atoms with Crippen molar-refractivity contribution in [2.45, 2.75) is 32.2 Å². The Kier molecular flexibility index (Phi) is 4.06. The summed E-state index contributed by atoms with van der Waals surface area (Å²) in [5.41, 5.74) is 7.00. The van der Waals surface area contributed by atoms with Crippen LogP contribution in [0.2, 0.25) is 0 Å². The molecule has 1 unspecified atom stereocenters. The van der Waals surface area contributed by atoms with Crippen LogP contribution < -0.4 is 0 Å². The minimum atomic E-state index is 0.303. The predicted molar refractivity (Wildman–Crippen MR) is 122 cm³/mol. The van der Waals surface area contributed by atoms with Gasteiger partial charge in [0.25, 0.3) is 0 Å². The molecule has 154 valence electrons. The molecule has 0 aliphatic carbocycles. The Hall–Kier alpha value is -3.67. The van der Waals surface area contributed by atoms with Gasteiger partial charge in [-0.15, -0.1) is 5.10 Å². The lowest BCUT2D eigenvalue weighted by molar-refractivity contribution is 0.445. The van der Waals surface area contributed by atoms with E-state index in [-0.39, 0.29) is 0 Å². The first-order valence-electron chi connectivity index (χ1n) is 10.8. The van der Waals surface area contributed by atoms with Crippen molar-refractivity contribution in [2.24, 2.45) is 7.05 Å². The quantitative estimate of drug-likeness (QED) is 0.454. The number of H-pyrrole nitrogens is 1. The van der Waals surface area contributed by atoms with E-state index in [1.807, 2.05) is 24.1 Å². The van der Waals surface area contributed by atoms with Crippen molar-refractivity contribution >= 4 is 10.9 Å². The monoisotopic (exact) mass is 408 g/mol. The molecule has 1 N–H and O–H groups in total. The molecule has 0 fully saturated rings. The summed E-state index contributed by atoms with van der Waals surface area (Å²) in [7, 11) is 1.94. The topological polar surface area (TPSA) is 64.3 Å². The average molecular weight is 409 g/mol. The van der Waals surface area contributed by atoms with Crippen molar-refractivity contribution in [1.29, 1.82) is 0 Å². The highest BCUT2D eigenvalue weighted by Gasteiger charge is 2.27. The summed E-state index contributed by atoms with van der Waals surface area (Å²) in [6.07, 6.45) is 6.16. The maximum absolute atomic E-state index is 5.01. The van der Waals surface area contributed by atoms with E-state index in [9.17, 15) is 0 Å². The molecule has 31 heavy (non-hydrogen) atoms. The number of nitrogens with one attached hydrogen (secondary N) is 1. The Balaban J connectivity index is 1.39. The molecule has 4 heterocycles. The molecule has 6 rings (SSSR count). The first kappa shape index (κ1) is 18.1. The lowest BCUT2D eigenvalue weighted by Gasteiger charge is -2.23. The third kappa shape index (κ3) is 3.06. The molecular formula is C25H24N6. The number of fused-ring (bicyclic) bond motifs is 2. The number of aryl methyl sites for hydroxylation is 3. The largest absolute Gasteiger partial charge is 0.352 e. The van der Waals surface area contributed by atoms with Crippen LogP contribution in [0.15, 0.2) is 60.9 Å². The Morgan fingerprint density at radius 1 is 1.06 bits per heavy atom. The summed E-state index contributed by atoms with van der Waals surface area (Å²) >= 11 is 0. The fourth-order valence-electron chi connectivity index (χ4n) is 4.74. The zero-order valence-electron chi connectivity index (χ0n) is 17.7. The van der Waals surface area contributed by atoms with Gasteiger partial charge in [0.2, 0.25) is 0 Å². The van der Waals surface area contributed by atoms with Gasteiger partial charge in [0.1, 0.15) is 5.82 Å². The minimum absolute atomic E-state index is 0.303. The Bertz CT molecular complexity index is 1400. The van der Waals surface area contributed by atoms with E-state index in [0.29, 0.717) is 5.92 Å². The normalized spacial score (nSPS) is 16.0. The smallest absolute Gasteiger partial charge is 0.197 e. The molecule has 1 aliphatic rings. The van der Waals surface area contributed by atoms with E-state index < -0.39 is 0 Å². The maximum Gasteiger partial charge on any atom is 0.197 e. The van der Waals surface area contributed by atoms with Crippen LogP contribution in [0.5, 0.6) is 0 Å². The zero-order chi connectivity index (χ0) is 20.9. The van der Waals surface area contributed by atoms with E-state index in [0.717, 1.165) is 58.8 Å². The van der Waals surface area contributed by atoms with Gasteiger partial charge < -0.3 is 4.98 Å². The lowest BCUT2D eigenvalue weighted by atomic mass is 9.88. The highest BCUT2D eigenvalue weighted by molar-refractivity contribution is 5.88. The fourth-order valence-corrected chi connectivity index (χ4v) is 4.74. The molecule has 0 amide bonds. The summed E-state index contributed by atoms with van der Waals surface area (Å²) < 4.78 is 3.93. The number of nitrogens with zero attached hydrogens (tertiary/aromatic N) is 5. The minimum Gasteiger partial charge on any atom is -0.352 e. The van der Waals surface area contributed by atoms with Crippen LogP contribution in [0.4, 0.5) is 0 Å². The van der Waals surface area contributed by atoms with Crippen LogP contribution >= 0.6 is 0 Å². The molecule has 0 saturated heterocycles. The standard InChI is InChI=1S/C25H24N6/c1-16-6-3-4-7-20(16)21-8-5-11-31-25(21)28-24(29-31)23-13-18-12-17(9-10-22(18)27-23)19-14-26-30(2)15-19/h3-4,6-7,9-10,12-15,21,27H,5,8,11H2,1-2H3. The molecule has 2 aromatic carbocycles. The van der Waals surface area contributed by atoms with E-state index in [1.54, 1.807) is 0 Å². The van der Waals surface area contributed by atoms with Crippen molar-refractivity contribution in [1.82, 2.24) is 29.5 Å². The van der Waals surface area contributed by atoms with Gasteiger partial charge in [-0.05, 0) is 54.7 Å². The van der Waals surface area contributed by atoms with Crippen LogP contribution in [0.3, 0.4) is 0 Å². The predicted octanol–water partition coefficient (Wildman–Crippen LogP) is 5.06. The molecule has 0 spiro atoms. The first-order valence-corrected chi connectivity index (χ1v) is 10.8. The van der Waals surface area contributed by atoms with Crippen molar-refractivity contribution in [3.8, 4) is 22.6 Å². The van der Waals surface area contributed by atoms with Crippen LogP contribution in [0.1, 0.15) is 35.7 Å². The number of aromatic nitrogens is 6. The number of benzene rings is 2. The van der Waals surface area contributed by atoms with Crippen LogP contribution in [0.25, 0.3) is 33.5 Å². The molecule has 6 nitrogen and oxygen atoms in total.